The first-order valence-electron chi connectivity index (χ1n) is 6.81. The van der Waals surface area contributed by atoms with Gasteiger partial charge in [0, 0.05) is 13.1 Å². The summed E-state index contributed by atoms with van der Waals surface area (Å²) in [5.74, 6) is 7.49. The molecule has 114 valence electrons. The minimum atomic E-state index is 0.204. The van der Waals surface area contributed by atoms with Gasteiger partial charge in [-0.05, 0) is 50.8 Å². The predicted molar refractivity (Wildman–Crippen MR) is 89.7 cm³/mol. The Labute approximate surface area is 142 Å². The Morgan fingerprint density at radius 2 is 1.95 bits per heavy atom. The Bertz CT molecular complexity index is 866. The number of hydrogen-bond acceptors (Lipinski definition) is 7. The average Bonchev–Trinajstić information content (AvgIpc) is 3.05. The van der Waals surface area contributed by atoms with Crippen LogP contribution in [0.25, 0.3) is 5.65 Å². The van der Waals surface area contributed by atoms with E-state index < -0.39 is 0 Å². The molecule has 2 aromatic rings. The summed E-state index contributed by atoms with van der Waals surface area (Å²) in [4.78, 5) is 15.5. The average molecular weight is 428 g/mol. The number of pyridine rings is 1. The number of anilines is 1. The van der Waals surface area contributed by atoms with Crippen LogP contribution < -0.4 is 16.8 Å². The van der Waals surface area contributed by atoms with Crippen LogP contribution in [0.15, 0.2) is 25.1 Å². The third-order valence-electron chi connectivity index (χ3n) is 3.69. The van der Waals surface area contributed by atoms with Crippen LogP contribution in [0.3, 0.4) is 0 Å². The number of nitrogens with one attached hydrogen (secondary N) is 1. The standard InChI is InChI=1S/C12H12Br2N8/c13-6-5-7(14)9-17-11(21-3-1-2-4-21)19-12-18-10(20-15)16-8(6)22(9)12/h5H,1-4,15H2,(H,16,17,18,19,20). The van der Waals surface area contributed by atoms with Crippen LogP contribution >= 0.6 is 31.9 Å². The first-order valence-corrected chi connectivity index (χ1v) is 8.39. The molecule has 1 fully saturated rings. The van der Waals surface area contributed by atoms with E-state index in [9.17, 15) is 0 Å². The molecule has 4 rings (SSSR count). The van der Waals surface area contributed by atoms with Crippen LogP contribution in [0.1, 0.15) is 12.8 Å². The Kier molecular flexibility index (Phi) is 3.30. The molecule has 0 radical (unpaired) electrons. The molecule has 0 aliphatic carbocycles. The van der Waals surface area contributed by atoms with Gasteiger partial charge in [0.2, 0.25) is 11.9 Å². The maximum absolute atomic E-state index is 5.35. The van der Waals surface area contributed by atoms with E-state index in [1.54, 1.807) is 0 Å². The van der Waals surface area contributed by atoms with Gasteiger partial charge in [-0.2, -0.15) is 15.0 Å². The number of halogens is 2. The highest BCUT2D eigenvalue weighted by molar-refractivity contribution is 9.11. The molecule has 0 amide bonds. The summed E-state index contributed by atoms with van der Waals surface area (Å²) in [7, 11) is 0. The van der Waals surface area contributed by atoms with Gasteiger partial charge in [-0.1, -0.05) is 0 Å². The third kappa shape index (κ3) is 2.09. The molecule has 22 heavy (non-hydrogen) atoms. The highest BCUT2D eigenvalue weighted by Crippen LogP contribution is 2.34. The minimum Gasteiger partial charge on any atom is -0.342 e. The van der Waals surface area contributed by atoms with Crippen molar-refractivity contribution in [2.75, 3.05) is 18.4 Å². The van der Waals surface area contributed by atoms with Crippen molar-refractivity contribution in [1.29, 1.82) is 0 Å². The molecule has 2 aliphatic heterocycles. The Hall–Kier alpha value is -1.68. The number of nitrogens with zero attached hydrogens (tertiary/aromatic N) is 6. The molecule has 3 N–H and O–H groups in total. The van der Waals surface area contributed by atoms with Gasteiger partial charge in [-0.3, -0.25) is 0 Å². The van der Waals surface area contributed by atoms with Crippen LogP contribution in [-0.2, 0) is 0 Å². The van der Waals surface area contributed by atoms with Crippen molar-refractivity contribution in [2.45, 2.75) is 12.8 Å². The molecule has 2 aliphatic rings. The first-order chi connectivity index (χ1) is 10.7. The molecule has 4 heterocycles. The van der Waals surface area contributed by atoms with Gasteiger partial charge in [-0.15, -0.1) is 5.10 Å². The molecular weight excluding hydrogens is 416 g/mol. The zero-order valence-electron chi connectivity index (χ0n) is 11.4. The van der Waals surface area contributed by atoms with E-state index >= 15 is 0 Å². The molecule has 8 nitrogen and oxygen atoms in total. The summed E-state index contributed by atoms with van der Waals surface area (Å²) in [5.41, 5.74) is 0.861. The quantitative estimate of drug-likeness (QED) is 0.491. The van der Waals surface area contributed by atoms with Gasteiger partial charge in [0.05, 0.1) is 8.95 Å². The van der Waals surface area contributed by atoms with Crippen molar-refractivity contribution in [1.82, 2.24) is 19.3 Å². The third-order valence-corrected chi connectivity index (χ3v) is 4.88. The number of hydrogen-bond donors (Lipinski definition) is 2. The molecule has 0 unspecified atom stereocenters. The second-order valence-corrected chi connectivity index (χ2v) is 6.76. The molecule has 0 bridgehead atoms. The lowest BCUT2D eigenvalue weighted by molar-refractivity contribution is 0.516. The maximum atomic E-state index is 5.35. The van der Waals surface area contributed by atoms with Crippen molar-refractivity contribution in [2.24, 2.45) is 15.9 Å². The molecule has 0 atom stereocenters. The number of nitrogens with two attached hydrogens (primary N) is 1. The Morgan fingerprint density at radius 3 is 2.68 bits per heavy atom. The van der Waals surface area contributed by atoms with Crippen LogP contribution in [0, 0.1) is 0 Å². The highest BCUT2D eigenvalue weighted by atomic mass is 79.9. The summed E-state index contributed by atoms with van der Waals surface area (Å²) in [6, 6.07) is 1.93. The van der Waals surface area contributed by atoms with Crippen molar-refractivity contribution in [3.63, 3.8) is 0 Å². The van der Waals surface area contributed by atoms with Gasteiger partial charge >= 0.3 is 0 Å². The highest BCUT2D eigenvalue weighted by Gasteiger charge is 2.24. The fraction of sp³-hybridized carbons (Fsp3) is 0.333. The first kappa shape index (κ1) is 13.9. The van der Waals surface area contributed by atoms with E-state index in [-0.39, 0.29) is 5.62 Å². The summed E-state index contributed by atoms with van der Waals surface area (Å²) >= 11 is 7.08. The summed E-state index contributed by atoms with van der Waals surface area (Å²) in [6.45, 7) is 1.98. The molecule has 10 heteroatoms. The van der Waals surface area contributed by atoms with Crippen LogP contribution in [0.4, 0.5) is 11.8 Å². The number of aliphatic imine (C=N–C) groups is 1. The fourth-order valence-corrected chi connectivity index (χ4v) is 3.98. The topological polar surface area (TPSA) is 96.2 Å². The lowest BCUT2D eigenvalue weighted by atomic mass is 10.4. The van der Waals surface area contributed by atoms with E-state index in [0.29, 0.717) is 11.6 Å². The van der Waals surface area contributed by atoms with Gasteiger partial charge in [0.1, 0.15) is 5.82 Å². The van der Waals surface area contributed by atoms with E-state index in [2.05, 4.69) is 62.1 Å². The zero-order valence-corrected chi connectivity index (χ0v) is 14.6. The van der Waals surface area contributed by atoms with Crippen molar-refractivity contribution >= 4 is 55.2 Å². The van der Waals surface area contributed by atoms with Crippen molar-refractivity contribution < 1.29 is 0 Å². The Balaban J connectivity index is 2.01. The lowest BCUT2D eigenvalue weighted by Crippen LogP contribution is -2.37. The monoisotopic (exact) mass is 426 g/mol. The van der Waals surface area contributed by atoms with Crippen molar-refractivity contribution in [3.05, 3.63) is 20.6 Å². The molecule has 2 aromatic heterocycles. The summed E-state index contributed by atoms with van der Waals surface area (Å²) in [6.07, 6.45) is 2.34. The summed E-state index contributed by atoms with van der Waals surface area (Å²) < 4.78 is 3.53. The van der Waals surface area contributed by atoms with E-state index in [4.69, 9.17) is 5.84 Å². The molecular formula is C12H12Br2N8. The predicted octanol–water partition coefficient (Wildman–Crippen LogP) is 1.54. The maximum Gasteiger partial charge on any atom is 0.271 e. The fourth-order valence-electron chi connectivity index (χ4n) is 2.68. The zero-order chi connectivity index (χ0) is 15.3. The second kappa shape index (κ2) is 5.20. The molecule has 0 aromatic carbocycles. The van der Waals surface area contributed by atoms with Gasteiger partial charge in [-0.25, -0.2) is 4.40 Å². The second-order valence-electron chi connectivity index (χ2n) is 5.06. The number of aromatic nitrogens is 3. The largest absolute Gasteiger partial charge is 0.342 e. The summed E-state index contributed by atoms with van der Waals surface area (Å²) in [5, 5.41) is 6.96. The minimum absolute atomic E-state index is 0.204. The van der Waals surface area contributed by atoms with Crippen LogP contribution in [0.5, 0.6) is 0 Å². The van der Waals surface area contributed by atoms with Gasteiger partial charge < -0.3 is 16.1 Å². The molecule has 1 saturated heterocycles. The Morgan fingerprint density at radius 1 is 1.18 bits per heavy atom. The van der Waals surface area contributed by atoms with Gasteiger partial charge in [0.25, 0.3) is 5.62 Å². The van der Waals surface area contributed by atoms with E-state index in [0.717, 1.165) is 33.8 Å². The van der Waals surface area contributed by atoms with Crippen LogP contribution in [0.2, 0.25) is 0 Å². The SMILES string of the molecule is N/N=c1\nc2n3c(c(Br)cc(Br)c3n1)NC(N1CCCC1)=N2. The normalized spacial score (nSPS) is 17.8. The smallest absolute Gasteiger partial charge is 0.271 e. The number of rotatable bonds is 0. The van der Waals surface area contributed by atoms with E-state index in [1.165, 1.54) is 12.8 Å². The number of likely N-dealkylation sites (tertiary alicyclic amines) is 1. The molecule has 0 saturated carbocycles. The van der Waals surface area contributed by atoms with Gasteiger partial charge in [0.15, 0.2) is 5.65 Å². The molecule has 0 spiro atoms. The lowest BCUT2D eigenvalue weighted by Gasteiger charge is -2.26. The van der Waals surface area contributed by atoms with Crippen molar-refractivity contribution in [3.8, 4) is 0 Å². The van der Waals surface area contributed by atoms with E-state index in [1.807, 2.05) is 10.5 Å². The van der Waals surface area contributed by atoms with Crippen LogP contribution in [-0.4, -0.2) is 38.3 Å². The number of guanidine groups is 1.